The molecule has 1 aliphatic heterocycles. The molecule has 8 nitrogen and oxygen atoms in total. The van der Waals surface area contributed by atoms with Crippen molar-refractivity contribution in [3.8, 4) is 0 Å². The number of hydrogen-bond donors (Lipinski definition) is 0. The fourth-order valence-corrected chi connectivity index (χ4v) is 3.10. The molecule has 0 bridgehead atoms. The van der Waals surface area contributed by atoms with E-state index in [1.165, 1.54) is 0 Å². The van der Waals surface area contributed by atoms with E-state index in [0.29, 0.717) is 5.89 Å². The van der Waals surface area contributed by atoms with Gasteiger partial charge in [0.05, 0.1) is 11.8 Å². The topological polar surface area (TPSA) is 103 Å². The first-order chi connectivity index (χ1) is 10.6. The molecule has 0 unspecified atom stereocenters. The zero-order chi connectivity index (χ0) is 15.7. The number of fused-ring (bicyclic) bond motifs is 1. The zero-order valence-electron chi connectivity index (χ0n) is 12.3. The second kappa shape index (κ2) is 5.86. The van der Waals surface area contributed by atoms with Crippen LogP contribution in [0.2, 0.25) is 0 Å². The van der Waals surface area contributed by atoms with Crippen LogP contribution < -0.4 is 0 Å². The van der Waals surface area contributed by atoms with Gasteiger partial charge in [0.15, 0.2) is 6.61 Å². The first kappa shape index (κ1) is 14.7. The summed E-state index contributed by atoms with van der Waals surface area (Å²) in [5.41, 5.74) is 0. The SMILES string of the molecule is Cc1nnc(COC(=O)CN2C(=O)[C@@H]3CCCC[C@H]3C2=O)o1. The van der Waals surface area contributed by atoms with E-state index in [1.54, 1.807) is 6.92 Å². The molecule has 1 saturated heterocycles. The van der Waals surface area contributed by atoms with Crippen LogP contribution in [0.25, 0.3) is 0 Å². The molecular weight excluding hydrogens is 290 g/mol. The number of ether oxygens (including phenoxy) is 1. The van der Waals surface area contributed by atoms with Gasteiger partial charge in [0.25, 0.3) is 5.89 Å². The molecule has 2 heterocycles. The molecule has 3 rings (SSSR count). The molecule has 2 fully saturated rings. The summed E-state index contributed by atoms with van der Waals surface area (Å²) in [7, 11) is 0. The highest BCUT2D eigenvalue weighted by Gasteiger charge is 2.48. The molecule has 22 heavy (non-hydrogen) atoms. The Morgan fingerprint density at radius 1 is 1.23 bits per heavy atom. The number of hydrogen-bond acceptors (Lipinski definition) is 7. The average molecular weight is 307 g/mol. The maximum Gasteiger partial charge on any atom is 0.326 e. The molecule has 0 aromatic carbocycles. The maximum absolute atomic E-state index is 12.2. The number of amides is 2. The highest BCUT2D eigenvalue weighted by molar-refractivity contribution is 6.07. The Bertz CT molecular complexity index is 587. The Morgan fingerprint density at radius 3 is 2.41 bits per heavy atom. The summed E-state index contributed by atoms with van der Waals surface area (Å²) in [6, 6.07) is 0. The molecule has 1 aromatic rings. The lowest BCUT2D eigenvalue weighted by Gasteiger charge is -2.19. The highest BCUT2D eigenvalue weighted by Crippen LogP contribution is 2.37. The third kappa shape index (κ3) is 2.72. The van der Waals surface area contributed by atoms with Gasteiger partial charge >= 0.3 is 5.97 Å². The van der Waals surface area contributed by atoms with Crippen molar-refractivity contribution in [2.75, 3.05) is 6.54 Å². The van der Waals surface area contributed by atoms with E-state index >= 15 is 0 Å². The van der Waals surface area contributed by atoms with Gasteiger partial charge in [0.1, 0.15) is 6.54 Å². The number of esters is 1. The van der Waals surface area contributed by atoms with Crippen molar-refractivity contribution in [3.05, 3.63) is 11.8 Å². The van der Waals surface area contributed by atoms with Gasteiger partial charge in [-0.05, 0) is 12.8 Å². The number of nitrogens with zero attached hydrogens (tertiary/aromatic N) is 3. The molecule has 0 N–H and O–H groups in total. The summed E-state index contributed by atoms with van der Waals surface area (Å²) in [6.45, 7) is 1.11. The van der Waals surface area contributed by atoms with Crippen LogP contribution in [0, 0.1) is 18.8 Å². The van der Waals surface area contributed by atoms with Crippen molar-refractivity contribution in [1.82, 2.24) is 15.1 Å². The smallest absolute Gasteiger partial charge is 0.326 e. The van der Waals surface area contributed by atoms with Gasteiger partial charge in [-0.15, -0.1) is 10.2 Å². The van der Waals surface area contributed by atoms with E-state index in [4.69, 9.17) is 9.15 Å². The highest BCUT2D eigenvalue weighted by atomic mass is 16.5. The summed E-state index contributed by atoms with van der Waals surface area (Å²) in [5, 5.41) is 7.31. The Morgan fingerprint density at radius 2 is 1.86 bits per heavy atom. The van der Waals surface area contributed by atoms with E-state index in [2.05, 4.69) is 10.2 Å². The van der Waals surface area contributed by atoms with Crippen LogP contribution in [-0.2, 0) is 25.7 Å². The van der Waals surface area contributed by atoms with Gasteiger partial charge in [-0.1, -0.05) is 12.8 Å². The summed E-state index contributed by atoms with van der Waals surface area (Å²) < 4.78 is 10.0. The fraction of sp³-hybridized carbons (Fsp3) is 0.643. The normalized spacial score (nSPS) is 24.5. The molecule has 1 aliphatic carbocycles. The summed E-state index contributed by atoms with van der Waals surface area (Å²) in [6.07, 6.45) is 3.36. The number of carbonyl (C=O) groups is 3. The lowest BCUT2D eigenvalue weighted by atomic mass is 9.81. The number of aryl methyl sites for hydroxylation is 1. The number of rotatable bonds is 4. The van der Waals surface area contributed by atoms with Crippen molar-refractivity contribution < 1.29 is 23.5 Å². The van der Waals surface area contributed by atoms with Crippen molar-refractivity contribution in [1.29, 1.82) is 0 Å². The molecule has 0 radical (unpaired) electrons. The van der Waals surface area contributed by atoms with Gasteiger partial charge in [-0.25, -0.2) is 0 Å². The molecule has 2 atom stereocenters. The number of carbonyl (C=O) groups excluding carboxylic acids is 3. The van der Waals surface area contributed by atoms with Crippen molar-refractivity contribution in [2.24, 2.45) is 11.8 Å². The van der Waals surface area contributed by atoms with E-state index in [0.717, 1.165) is 30.6 Å². The minimum absolute atomic E-state index is 0.164. The standard InChI is InChI=1S/C14H17N3O5/c1-8-15-16-11(22-8)7-21-12(18)6-17-13(19)9-4-2-3-5-10(9)14(17)20/h9-10H,2-7H2,1H3/t9-,10-/m1/s1. The third-order valence-electron chi connectivity index (χ3n) is 4.14. The maximum atomic E-state index is 12.2. The van der Waals surface area contributed by atoms with Crippen molar-refractivity contribution in [2.45, 2.75) is 39.2 Å². The monoisotopic (exact) mass is 307 g/mol. The van der Waals surface area contributed by atoms with Crippen LogP contribution in [0.15, 0.2) is 4.42 Å². The molecular formula is C14H17N3O5. The lowest BCUT2D eigenvalue weighted by molar-refractivity contribution is -0.154. The predicted octanol–water partition coefficient (Wildman–Crippen LogP) is 0.596. The summed E-state index contributed by atoms with van der Waals surface area (Å²) >= 11 is 0. The molecule has 2 aliphatic rings. The fourth-order valence-electron chi connectivity index (χ4n) is 3.10. The Balaban J connectivity index is 1.56. The van der Waals surface area contributed by atoms with Gasteiger partial charge in [0.2, 0.25) is 17.7 Å². The Kier molecular flexibility index (Phi) is 3.91. The zero-order valence-corrected chi connectivity index (χ0v) is 12.3. The molecule has 1 saturated carbocycles. The van der Waals surface area contributed by atoms with Crippen LogP contribution in [0.5, 0.6) is 0 Å². The average Bonchev–Trinajstić information content (AvgIpc) is 3.03. The van der Waals surface area contributed by atoms with Gasteiger partial charge in [-0.2, -0.15) is 0 Å². The molecule has 0 spiro atoms. The lowest BCUT2D eigenvalue weighted by Crippen LogP contribution is -2.36. The summed E-state index contributed by atoms with van der Waals surface area (Å²) in [4.78, 5) is 37.3. The largest absolute Gasteiger partial charge is 0.454 e. The number of aromatic nitrogens is 2. The van der Waals surface area contributed by atoms with Gasteiger partial charge in [-0.3, -0.25) is 19.3 Å². The second-order valence-corrected chi connectivity index (χ2v) is 5.64. The van der Waals surface area contributed by atoms with Crippen LogP contribution >= 0.6 is 0 Å². The molecule has 8 heteroatoms. The van der Waals surface area contributed by atoms with Gasteiger partial charge in [0, 0.05) is 6.92 Å². The Labute approximate surface area is 126 Å². The second-order valence-electron chi connectivity index (χ2n) is 5.64. The minimum Gasteiger partial charge on any atom is -0.454 e. The quantitative estimate of drug-likeness (QED) is 0.592. The van der Waals surface area contributed by atoms with Crippen LogP contribution in [-0.4, -0.2) is 39.4 Å². The minimum atomic E-state index is -0.656. The first-order valence-corrected chi connectivity index (χ1v) is 7.36. The van der Waals surface area contributed by atoms with Crippen molar-refractivity contribution >= 4 is 17.8 Å². The molecule has 1 aromatic heterocycles. The van der Waals surface area contributed by atoms with E-state index in [9.17, 15) is 14.4 Å². The Hall–Kier alpha value is -2.25. The first-order valence-electron chi connectivity index (χ1n) is 7.36. The third-order valence-corrected chi connectivity index (χ3v) is 4.14. The van der Waals surface area contributed by atoms with Gasteiger partial charge < -0.3 is 9.15 Å². The van der Waals surface area contributed by atoms with Crippen molar-refractivity contribution in [3.63, 3.8) is 0 Å². The van der Waals surface area contributed by atoms with Crippen LogP contribution in [0.4, 0.5) is 0 Å². The predicted molar refractivity (Wildman–Crippen MR) is 71.0 cm³/mol. The number of imide groups is 1. The van der Waals surface area contributed by atoms with E-state index in [-0.39, 0.29) is 42.7 Å². The molecule has 2 amide bonds. The van der Waals surface area contributed by atoms with E-state index in [1.807, 2.05) is 0 Å². The van der Waals surface area contributed by atoms with Crippen LogP contribution in [0.3, 0.4) is 0 Å². The van der Waals surface area contributed by atoms with E-state index < -0.39 is 5.97 Å². The number of likely N-dealkylation sites (tertiary alicyclic amines) is 1. The molecule has 118 valence electrons. The summed E-state index contributed by atoms with van der Waals surface area (Å²) in [5.74, 6) is -1.12. The van der Waals surface area contributed by atoms with Crippen LogP contribution in [0.1, 0.15) is 37.5 Å².